The largest absolute Gasteiger partial charge is 0.481 e. The molecule has 9 heteroatoms. The number of halogens is 1. The standard InChI is InChI=1S/C24H20FN7O/c1-14(16-9-17(12-27-11-16)18-5-3-4-6-19(18)25)32-24-21(23(26)29-13-30-24)22(31-32)15-7-8-28-20(10-15)33-2/h3-14H,1-2H3,(H2,26,29,30). The summed E-state index contributed by atoms with van der Waals surface area (Å²) >= 11 is 0. The fourth-order valence-electron chi connectivity index (χ4n) is 3.81. The zero-order chi connectivity index (χ0) is 22.9. The number of nitrogens with zero attached hydrogens (tertiary/aromatic N) is 6. The molecule has 1 unspecified atom stereocenters. The van der Waals surface area contributed by atoms with Crippen LogP contribution in [0, 0.1) is 5.82 Å². The van der Waals surface area contributed by atoms with Crippen LogP contribution < -0.4 is 10.5 Å². The van der Waals surface area contributed by atoms with Crippen molar-refractivity contribution in [2.45, 2.75) is 13.0 Å². The number of ether oxygens (including phenoxy) is 1. The normalized spacial score (nSPS) is 12.1. The number of benzene rings is 1. The number of methoxy groups -OCH3 is 1. The third-order valence-electron chi connectivity index (χ3n) is 5.53. The molecule has 4 aromatic heterocycles. The van der Waals surface area contributed by atoms with E-state index in [1.165, 1.54) is 12.4 Å². The van der Waals surface area contributed by atoms with Gasteiger partial charge in [0, 0.05) is 41.3 Å². The van der Waals surface area contributed by atoms with Crippen molar-refractivity contribution < 1.29 is 9.13 Å². The van der Waals surface area contributed by atoms with Crippen LogP contribution in [0.4, 0.5) is 10.2 Å². The molecule has 5 rings (SSSR count). The Morgan fingerprint density at radius 3 is 2.70 bits per heavy atom. The predicted molar refractivity (Wildman–Crippen MR) is 123 cm³/mol. The summed E-state index contributed by atoms with van der Waals surface area (Å²) in [6.45, 7) is 1.98. The van der Waals surface area contributed by atoms with E-state index >= 15 is 0 Å². The number of rotatable bonds is 5. The molecule has 4 heterocycles. The summed E-state index contributed by atoms with van der Waals surface area (Å²) in [5, 5.41) is 5.48. The van der Waals surface area contributed by atoms with Gasteiger partial charge < -0.3 is 10.5 Å². The van der Waals surface area contributed by atoms with Crippen molar-refractivity contribution >= 4 is 16.9 Å². The van der Waals surface area contributed by atoms with Crippen molar-refractivity contribution in [3.63, 3.8) is 0 Å². The zero-order valence-corrected chi connectivity index (χ0v) is 18.0. The van der Waals surface area contributed by atoms with E-state index in [1.807, 2.05) is 19.1 Å². The summed E-state index contributed by atoms with van der Waals surface area (Å²) in [4.78, 5) is 17.1. The van der Waals surface area contributed by atoms with Crippen molar-refractivity contribution in [3.05, 3.63) is 78.8 Å². The van der Waals surface area contributed by atoms with Gasteiger partial charge in [-0.1, -0.05) is 18.2 Å². The molecule has 0 fully saturated rings. The summed E-state index contributed by atoms with van der Waals surface area (Å²) in [5.74, 6) is 0.478. The lowest BCUT2D eigenvalue weighted by atomic mass is 10.0. The molecule has 33 heavy (non-hydrogen) atoms. The third kappa shape index (κ3) is 3.63. The summed E-state index contributed by atoms with van der Waals surface area (Å²) < 4.78 is 21.4. The molecule has 0 amide bonds. The molecule has 0 saturated carbocycles. The molecule has 5 aromatic rings. The summed E-state index contributed by atoms with van der Waals surface area (Å²) in [5.41, 5.74) is 10.2. The highest BCUT2D eigenvalue weighted by Gasteiger charge is 2.22. The summed E-state index contributed by atoms with van der Waals surface area (Å²) in [6.07, 6.45) is 6.44. The van der Waals surface area contributed by atoms with Crippen LogP contribution in [-0.4, -0.2) is 36.8 Å². The van der Waals surface area contributed by atoms with Gasteiger partial charge in [0.05, 0.1) is 18.5 Å². The van der Waals surface area contributed by atoms with Crippen LogP contribution in [0.1, 0.15) is 18.5 Å². The Hall–Kier alpha value is -4.40. The van der Waals surface area contributed by atoms with E-state index in [1.54, 1.807) is 54.6 Å². The van der Waals surface area contributed by atoms with Gasteiger partial charge in [-0.3, -0.25) is 4.98 Å². The molecule has 0 aliphatic rings. The van der Waals surface area contributed by atoms with Crippen molar-refractivity contribution in [3.8, 4) is 28.3 Å². The number of pyridine rings is 2. The van der Waals surface area contributed by atoms with Gasteiger partial charge in [0.15, 0.2) is 5.65 Å². The average molecular weight is 441 g/mol. The van der Waals surface area contributed by atoms with Crippen LogP contribution in [0.3, 0.4) is 0 Å². The first-order chi connectivity index (χ1) is 16.1. The lowest BCUT2D eigenvalue weighted by molar-refractivity contribution is 0.398. The highest BCUT2D eigenvalue weighted by atomic mass is 19.1. The first-order valence-electron chi connectivity index (χ1n) is 10.3. The Kier molecular flexibility index (Phi) is 5.14. The quantitative estimate of drug-likeness (QED) is 0.434. The zero-order valence-electron chi connectivity index (χ0n) is 18.0. The molecule has 8 nitrogen and oxygen atoms in total. The van der Waals surface area contributed by atoms with Crippen molar-refractivity contribution in [2.75, 3.05) is 12.8 Å². The molecule has 0 saturated heterocycles. The van der Waals surface area contributed by atoms with Gasteiger partial charge in [-0.25, -0.2) is 24.0 Å². The molecule has 0 aliphatic heterocycles. The Bertz CT molecular complexity index is 1470. The number of anilines is 1. The second-order valence-corrected chi connectivity index (χ2v) is 7.50. The summed E-state index contributed by atoms with van der Waals surface area (Å²) in [6, 6.07) is 11.9. The van der Waals surface area contributed by atoms with Crippen LogP contribution in [0.25, 0.3) is 33.4 Å². The number of fused-ring (bicyclic) bond motifs is 1. The molecule has 2 N–H and O–H groups in total. The highest BCUT2D eigenvalue weighted by Crippen LogP contribution is 2.34. The number of hydrogen-bond donors (Lipinski definition) is 1. The average Bonchev–Trinajstić information content (AvgIpc) is 3.25. The fourth-order valence-corrected chi connectivity index (χ4v) is 3.81. The smallest absolute Gasteiger partial charge is 0.213 e. The lowest BCUT2D eigenvalue weighted by Gasteiger charge is -2.14. The van der Waals surface area contributed by atoms with Gasteiger partial charge in [0.25, 0.3) is 0 Å². The first-order valence-corrected chi connectivity index (χ1v) is 10.3. The number of aromatic nitrogens is 6. The van der Waals surface area contributed by atoms with Gasteiger partial charge in [-0.15, -0.1) is 0 Å². The Morgan fingerprint density at radius 2 is 1.88 bits per heavy atom. The van der Waals surface area contributed by atoms with Crippen molar-refractivity contribution in [1.82, 2.24) is 29.7 Å². The van der Waals surface area contributed by atoms with Gasteiger partial charge in [-0.05, 0) is 30.7 Å². The molecule has 0 bridgehead atoms. The minimum atomic E-state index is -0.303. The maximum Gasteiger partial charge on any atom is 0.213 e. The van der Waals surface area contributed by atoms with Gasteiger partial charge >= 0.3 is 0 Å². The van der Waals surface area contributed by atoms with E-state index in [-0.39, 0.29) is 11.9 Å². The van der Waals surface area contributed by atoms with E-state index in [0.717, 1.165) is 11.1 Å². The predicted octanol–water partition coefficient (Wildman–Crippen LogP) is 4.29. The van der Waals surface area contributed by atoms with Gasteiger partial charge in [-0.2, -0.15) is 5.10 Å². The number of nitrogen functional groups attached to an aromatic ring is 1. The third-order valence-corrected chi connectivity index (χ3v) is 5.53. The maximum absolute atomic E-state index is 14.3. The molecule has 164 valence electrons. The van der Waals surface area contributed by atoms with Crippen molar-refractivity contribution in [1.29, 1.82) is 0 Å². The number of nitrogens with two attached hydrogens (primary N) is 1. The van der Waals surface area contributed by atoms with Crippen LogP contribution in [0.2, 0.25) is 0 Å². The second kappa shape index (κ2) is 8.27. The molecule has 1 atom stereocenters. The van der Waals surface area contributed by atoms with Crippen LogP contribution in [0.15, 0.2) is 67.4 Å². The molecule has 0 radical (unpaired) electrons. The van der Waals surface area contributed by atoms with Crippen LogP contribution >= 0.6 is 0 Å². The van der Waals surface area contributed by atoms with Crippen LogP contribution in [0.5, 0.6) is 5.88 Å². The monoisotopic (exact) mass is 441 g/mol. The molecule has 1 aromatic carbocycles. The lowest BCUT2D eigenvalue weighted by Crippen LogP contribution is -2.10. The van der Waals surface area contributed by atoms with Gasteiger partial charge in [0.1, 0.15) is 23.7 Å². The Labute approximate surface area is 188 Å². The van der Waals surface area contributed by atoms with E-state index in [4.69, 9.17) is 15.6 Å². The maximum atomic E-state index is 14.3. The topological polar surface area (TPSA) is 105 Å². The minimum absolute atomic E-state index is 0.265. The van der Waals surface area contributed by atoms with Crippen molar-refractivity contribution in [2.24, 2.45) is 0 Å². The Balaban J connectivity index is 1.65. The van der Waals surface area contributed by atoms with Gasteiger partial charge in [0.2, 0.25) is 5.88 Å². The molecule has 0 aliphatic carbocycles. The first kappa shape index (κ1) is 20.5. The fraction of sp³-hybridized carbons (Fsp3) is 0.125. The second-order valence-electron chi connectivity index (χ2n) is 7.50. The van der Waals surface area contributed by atoms with E-state index < -0.39 is 0 Å². The SMILES string of the molecule is COc1cc(-c2nn(C(C)c3cncc(-c4ccccc4F)c3)c3ncnc(N)c23)ccn1. The number of hydrogen-bond acceptors (Lipinski definition) is 7. The highest BCUT2D eigenvalue weighted by molar-refractivity contribution is 5.98. The minimum Gasteiger partial charge on any atom is -0.481 e. The van der Waals surface area contributed by atoms with E-state index in [9.17, 15) is 4.39 Å². The van der Waals surface area contributed by atoms with E-state index in [2.05, 4.69) is 19.9 Å². The van der Waals surface area contributed by atoms with Crippen LogP contribution in [-0.2, 0) is 0 Å². The van der Waals surface area contributed by atoms with E-state index in [0.29, 0.717) is 39.6 Å². The Morgan fingerprint density at radius 1 is 1.03 bits per heavy atom. The molecular weight excluding hydrogens is 421 g/mol. The summed E-state index contributed by atoms with van der Waals surface area (Å²) in [7, 11) is 1.55. The molecule has 0 spiro atoms. The molecular formula is C24H20FN7O.